The molecule has 0 saturated carbocycles. The van der Waals surface area contributed by atoms with E-state index in [2.05, 4.69) is 11.9 Å². The van der Waals surface area contributed by atoms with Crippen LogP contribution in [0.3, 0.4) is 0 Å². The third-order valence-electron chi connectivity index (χ3n) is 2.73. The average molecular weight is 183 g/mol. The molecule has 4 nitrogen and oxygen atoms in total. The van der Waals surface area contributed by atoms with E-state index in [4.69, 9.17) is 9.47 Å². The summed E-state index contributed by atoms with van der Waals surface area (Å²) in [4.78, 5) is 10.9. The van der Waals surface area contributed by atoms with Crippen molar-refractivity contribution in [3.05, 3.63) is 12.7 Å². The van der Waals surface area contributed by atoms with Crippen molar-refractivity contribution in [3.8, 4) is 0 Å². The van der Waals surface area contributed by atoms with Crippen LogP contribution in [-0.4, -0.2) is 32.0 Å². The Balaban J connectivity index is 2.15. The number of carbonyl (C=O) groups is 1. The number of alkyl carbamates (subject to hydrolysis) is 1. The zero-order valence-corrected chi connectivity index (χ0v) is 7.41. The lowest BCUT2D eigenvalue weighted by atomic mass is 9.80. The van der Waals surface area contributed by atoms with Gasteiger partial charge in [0.1, 0.15) is 6.10 Å². The van der Waals surface area contributed by atoms with Crippen LogP contribution in [0.1, 0.15) is 6.42 Å². The Labute approximate surface area is 76.9 Å². The highest BCUT2D eigenvalue weighted by Gasteiger charge is 2.48. The van der Waals surface area contributed by atoms with Crippen molar-refractivity contribution < 1.29 is 14.3 Å². The molecule has 1 N–H and O–H groups in total. The summed E-state index contributed by atoms with van der Waals surface area (Å²) in [6.45, 7) is 5.49. The van der Waals surface area contributed by atoms with Gasteiger partial charge in [0.2, 0.25) is 0 Å². The van der Waals surface area contributed by atoms with Crippen molar-refractivity contribution >= 4 is 6.09 Å². The Morgan fingerprint density at radius 1 is 1.77 bits per heavy atom. The predicted molar refractivity (Wildman–Crippen MR) is 46.3 cm³/mol. The topological polar surface area (TPSA) is 47.6 Å². The van der Waals surface area contributed by atoms with Gasteiger partial charge in [-0.2, -0.15) is 0 Å². The highest BCUT2D eigenvalue weighted by molar-refractivity contribution is 5.68. The first-order valence-corrected chi connectivity index (χ1v) is 4.40. The molecular weight excluding hydrogens is 170 g/mol. The van der Waals surface area contributed by atoms with Gasteiger partial charge in [0.25, 0.3) is 0 Å². The van der Waals surface area contributed by atoms with Gasteiger partial charge in [-0.1, -0.05) is 6.08 Å². The van der Waals surface area contributed by atoms with Crippen molar-refractivity contribution in [2.75, 3.05) is 19.8 Å². The molecule has 2 saturated heterocycles. The molecule has 2 atom stereocenters. The Morgan fingerprint density at radius 2 is 2.62 bits per heavy atom. The van der Waals surface area contributed by atoms with E-state index in [1.165, 1.54) is 0 Å². The molecule has 0 aromatic rings. The molecular formula is C9H13NO3. The molecule has 1 amide bonds. The summed E-state index contributed by atoms with van der Waals surface area (Å²) in [5.74, 6) is 0. The second-order valence-corrected chi connectivity index (χ2v) is 3.62. The van der Waals surface area contributed by atoms with Crippen LogP contribution in [0, 0.1) is 5.41 Å². The van der Waals surface area contributed by atoms with Crippen LogP contribution in [0.5, 0.6) is 0 Å². The molecule has 0 radical (unpaired) electrons. The van der Waals surface area contributed by atoms with Gasteiger partial charge in [-0.15, -0.1) is 6.58 Å². The molecule has 2 heterocycles. The summed E-state index contributed by atoms with van der Waals surface area (Å²) >= 11 is 0. The van der Waals surface area contributed by atoms with Crippen LogP contribution in [0.2, 0.25) is 0 Å². The van der Waals surface area contributed by atoms with Gasteiger partial charge in [-0.25, -0.2) is 4.79 Å². The first-order chi connectivity index (χ1) is 6.27. The van der Waals surface area contributed by atoms with E-state index in [0.29, 0.717) is 19.8 Å². The van der Waals surface area contributed by atoms with Crippen LogP contribution in [0.4, 0.5) is 4.79 Å². The van der Waals surface area contributed by atoms with E-state index in [1.807, 2.05) is 6.08 Å². The van der Waals surface area contributed by atoms with E-state index in [0.717, 1.165) is 6.42 Å². The van der Waals surface area contributed by atoms with E-state index in [1.54, 1.807) is 0 Å². The lowest BCUT2D eigenvalue weighted by Crippen LogP contribution is -2.52. The van der Waals surface area contributed by atoms with Gasteiger partial charge in [-0.05, 0) is 6.42 Å². The number of amides is 1. The van der Waals surface area contributed by atoms with Crippen LogP contribution in [-0.2, 0) is 9.47 Å². The lowest BCUT2D eigenvalue weighted by Gasteiger charge is -2.36. The Kier molecular flexibility index (Phi) is 2.00. The zero-order chi connectivity index (χ0) is 9.31. The first kappa shape index (κ1) is 8.56. The number of rotatable bonds is 2. The number of fused-ring (bicyclic) bond motifs is 1. The molecule has 4 heteroatoms. The SMILES string of the molecule is C=CC[C@]12CNC(=O)O[C@@H]1COC2. The number of nitrogens with one attached hydrogen (secondary N) is 1. The van der Waals surface area contributed by atoms with Crippen molar-refractivity contribution in [1.82, 2.24) is 5.32 Å². The fourth-order valence-corrected chi connectivity index (χ4v) is 1.93. The average Bonchev–Trinajstić information content (AvgIpc) is 2.49. The minimum absolute atomic E-state index is 0.0737. The molecule has 72 valence electrons. The fourth-order valence-electron chi connectivity index (χ4n) is 1.93. The normalized spacial score (nSPS) is 37.5. The zero-order valence-electron chi connectivity index (χ0n) is 7.41. The van der Waals surface area contributed by atoms with Gasteiger partial charge in [-0.3, -0.25) is 0 Å². The fraction of sp³-hybridized carbons (Fsp3) is 0.667. The highest BCUT2D eigenvalue weighted by atomic mass is 16.6. The summed E-state index contributed by atoms with van der Waals surface area (Å²) in [5.41, 5.74) is -0.0737. The smallest absolute Gasteiger partial charge is 0.407 e. The molecule has 0 bridgehead atoms. The van der Waals surface area contributed by atoms with E-state index in [-0.39, 0.29) is 17.6 Å². The molecule has 0 unspecified atom stereocenters. The van der Waals surface area contributed by atoms with Gasteiger partial charge in [0, 0.05) is 6.54 Å². The van der Waals surface area contributed by atoms with Crippen molar-refractivity contribution in [1.29, 1.82) is 0 Å². The predicted octanol–water partition coefficient (Wildman–Crippen LogP) is 0.688. The molecule has 0 aliphatic carbocycles. The molecule has 2 fully saturated rings. The number of allylic oxidation sites excluding steroid dienone is 1. The number of hydrogen-bond donors (Lipinski definition) is 1. The van der Waals surface area contributed by atoms with Gasteiger partial charge in [0.15, 0.2) is 0 Å². The maximum Gasteiger partial charge on any atom is 0.407 e. The van der Waals surface area contributed by atoms with E-state index >= 15 is 0 Å². The minimum atomic E-state index is -0.338. The largest absolute Gasteiger partial charge is 0.443 e. The maximum absolute atomic E-state index is 10.9. The summed E-state index contributed by atoms with van der Waals surface area (Å²) < 4.78 is 10.5. The third kappa shape index (κ3) is 1.31. The molecule has 2 rings (SSSR count). The summed E-state index contributed by atoms with van der Waals surface area (Å²) in [5, 5.41) is 2.69. The minimum Gasteiger partial charge on any atom is -0.443 e. The molecule has 13 heavy (non-hydrogen) atoms. The summed E-state index contributed by atoms with van der Waals surface area (Å²) in [7, 11) is 0. The highest BCUT2D eigenvalue weighted by Crippen LogP contribution is 2.36. The Hall–Kier alpha value is -1.03. The van der Waals surface area contributed by atoms with Crippen LogP contribution < -0.4 is 5.32 Å². The summed E-state index contributed by atoms with van der Waals surface area (Å²) in [6, 6.07) is 0. The second-order valence-electron chi connectivity index (χ2n) is 3.62. The van der Waals surface area contributed by atoms with E-state index < -0.39 is 0 Å². The number of hydrogen-bond acceptors (Lipinski definition) is 3. The van der Waals surface area contributed by atoms with Crippen LogP contribution in [0.25, 0.3) is 0 Å². The van der Waals surface area contributed by atoms with Crippen LogP contribution >= 0.6 is 0 Å². The standard InChI is InChI=1S/C9H13NO3/c1-2-3-9-5-10-8(11)13-7(9)4-12-6-9/h2,7H,1,3-6H2,(H,10,11)/t7-,9-/m1/s1. The second kappa shape index (κ2) is 3.03. The quantitative estimate of drug-likeness (QED) is 0.641. The van der Waals surface area contributed by atoms with Gasteiger partial charge >= 0.3 is 6.09 Å². The summed E-state index contributed by atoms with van der Waals surface area (Å²) in [6.07, 6.45) is 2.23. The molecule has 0 aromatic heterocycles. The maximum atomic E-state index is 10.9. The van der Waals surface area contributed by atoms with Crippen molar-refractivity contribution in [3.63, 3.8) is 0 Å². The Morgan fingerprint density at radius 3 is 3.38 bits per heavy atom. The third-order valence-corrected chi connectivity index (χ3v) is 2.73. The van der Waals surface area contributed by atoms with Gasteiger partial charge in [0.05, 0.1) is 18.6 Å². The van der Waals surface area contributed by atoms with Crippen molar-refractivity contribution in [2.24, 2.45) is 5.41 Å². The molecule has 2 aliphatic rings. The molecule has 0 spiro atoms. The molecule has 2 aliphatic heterocycles. The lowest BCUT2D eigenvalue weighted by molar-refractivity contribution is 0.0113. The van der Waals surface area contributed by atoms with Gasteiger partial charge < -0.3 is 14.8 Å². The monoisotopic (exact) mass is 183 g/mol. The van der Waals surface area contributed by atoms with E-state index in [9.17, 15) is 4.79 Å². The first-order valence-electron chi connectivity index (χ1n) is 4.40. The van der Waals surface area contributed by atoms with Crippen LogP contribution in [0.15, 0.2) is 12.7 Å². The molecule has 0 aromatic carbocycles. The number of ether oxygens (including phenoxy) is 2. The van der Waals surface area contributed by atoms with Crippen molar-refractivity contribution in [2.45, 2.75) is 12.5 Å². The number of carbonyl (C=O) groups excluding carboxylic acids is 1. The Bertz CT molecular complexity index is 241.